The van der Waals surface area contributed by atoms with Crippen LogP contribution in [0.2, 0.25) is 0 Å². The number of piperidine rings is 1. The van der Waals surface area contributed by atoms with Gasteiger partial charge in [0.2, 0.25) is 5.91 Å². The number of carbonyl (C=O) groups excluding carboxylic acids is 1. The Hall–Kier alpha value is -2.33. The second-order valence-electron chi connectivity index (χ2n) is 7.10. The molecule has 1 atom stereocenters. The zero-order valence-corrected chi connectivity index (χ0v) is 15.7. The molecule has 1 amide bonds. The smallest absolute Gasteiger partial charge is 0.227 e. The molecule has 2 aromatic carbocycles. The van der Waals surface area contributed by atoms with Gasteiger partial charge in [-0.3, -0.25) is 9.69 Å². The molecule has 0 saturated carbocycles. The lowest BCUT2D eigenvalue weighted by Crippen LogP contribution is -2.43. The number of amides is 1. The van der Waals surface area contributed by atoms with Crippen LogP contribution >= 0.6 is 0 Å². The van der Waals surface area contributed by atoms with Crippen LogP contribution in [0.25, 0.3) is 0 Å². The van der Waals surface area contributed by atoms with Crippen molar-refractivity contribution in [2.75, 3.05) is 27.2 Å². The molecule has 4 nitrogen and oxygen atoms in total. The predicted molar refractivity (Wildman–Crippen MR) is 104 cm³/mol. The molecule has 26 heavy (non-hydrogen) atoms. The molecule has 0 aliphatic carbocycles. The zero-order valence-electron chi connectivity index (χ0n) is 15.7. The van der Waals surface area contributed by atoms with Crippen LogP contribution in [0.4, 0.5) is 0 Å². The van der Waals surface area contributed by atoms with E-state index >= 15 is 0 Å². The number of hydrogen-bond acceptors (Lipinski definition) is 3. The van der Waals surface area contributed by atoms with Gasteiger partial charge < -0.3 is 9.64 Å². The lowest BCUT2D eigenvalue weighted by molar-refractivity contribution is -0.136. The summed E-state index contributed by atoms with van der Waals surface area (Å²) < 4.78 is 5.19. The highest BCUT2D eigenvalue weighted by atomic mass is 16.5. The van der Waals surface area contributed by atoms with Crippen molar-refractivity contribution in [1.82, 2.24) is 9.80 Å². The molecule has 1 saturated heterocycles. The van der Waals surface area contributed by atoms with Gasteiger partial charge in [-0.05, 0) is 42.6 Å². The summed E-state index contributed by atoms with van der Waals surface area (Å²) in [5, 5.41) is 0. The van der Waals surface area contributed by atoms with Crippen molar-refractivity contribution in [2.45, 2.75) is 25.9 Å². The molecule has 0 unspecified atom stereocenters. The van der Waals surface area contributed by atoms with Gasteiger partial charge in [-0.2, -0.15) is 0 Å². The maximum absolute atomic E-state index is 12.9. The van der Waals surface area contributed by atoms with Gasteiger partial charge in [0, 0.05) is 26.7 Å². The predicted octanol–water partition coefficient (Wildman–Crippen LogP) is 3.57. The fraction of sp³-hybridized carbons (Fsp3) is 0.409. The zero-order chi connectivity index (χ0) is 18.4. The Morgan fingerprint density at radius 2 is 1.85 bits per heavy atom. The monoisotopic (exact) mass is 352 g/mol. The van der Waals surface area contributed by atoms with Gasteiger partial charge >= 0.3 is 0 Å². The minimum absolute atomic E-state index is 0.0933. The van der Waals surface area contributed by atoms with E-state index in [0.717, 1.165) is 43.8 Å². The lowest BCUT2D eigenvalue weighted by Gasteiger charge is -2.34. The quantitative estimate of drug-likeness (QED) is 0.797. The van der Waals surface area contributed by atoms with Crippen LogP contribution in [-0.4, -0.2) is 43.0 Å². The van der Waals surface area contributed by atoms with Crippen LogP contribution in [0.15, 0.2) is 54.6 Å². The molecule has 3 rings (SSSR count). The number of ether oxygens (including phenoxy) is 1. The van der Waals surface area contributed by atoms with E-state index in [2.05, 4.69) is 29.2 Å². The molecular formula is C22H28N2O2. The molecular weight excluding hydrogens is 324 g/mol. The van der Waals surface area contributed by atoms with Gasteiger partial charge in [0.05, 0.1) is 13.0 Å². The van der Waals surface area contributed by atoms with Crippen molar-refractivity contribution in [3.63, 3.8) is 0 Å². The van der Waals surface area contributed by atoms with Crippen LogP contribution in [0, 0.1) is 5.92 Å². The van der Waals surface area contributed by atoms with Crippen LogP contribution < -0.4 is 4.74 Å². The molecule has 138 valence electrons. The first kappa shape index (κ1) is 18.5. The van der Waals surface area contributed by atoms with E-state index < -0.39 is 0 Å². The summed E-state index contributed by atoms with van der Waals surface area (Å²) in [4.78, 5) is 17.2. The van der Waals surface area contributed by atoms with Crippen molar-refractivity contribution < 1.29 is 9.53 Å². The fourth-order valence-corrected chi connectivity index (χ4v) is 3.64. The standard InChI is InChI=1S/C22H28N2O2/c1-23(15-19-10-12-21(26-2)13-11-19)22(25)20-9-6-14-24(17-20)16-18-7-4-3-5-8-18/h3-5,7-8,10-13,20H,6,9,14-17H2,1-2H3/t20-/m0/s1. The van der Waals surface area contributed by atoms with E-state index in [-0.39, 0.29) is 11.8 Å². The topological polar surface area (TPSA) is 32.8 Å². The third kappa shape index (κ3) is 4.85. The number of benzene rings is 2. The second kappa shape index (κ2) is 8.86. The average molecular weight is 352 g/mol. The maximum atomic E-state index is 12.9. The maximum Gasteiger partial charge on any atom is 0.227 e. The molecule has 1 fully saturated rings. The lowest BCUT2D eigenvalue weighted by atomic mass is 9.96. The summed E-state index contributed by atoms with van der Waals surface area (Å²) in [6.45, 7) is 3.48. The highest BCUT2D eigenvalue weighted by Gasteiger charge is 2.27. The summed E-state index contributed by atoms with van der Waals surface area (Å²) in [6, 6.07) is 18.4. The van der Waals surface area contributed by atoms with Crippen LogP contribution in [-0.2, 0) is 17.9 Å². The van der Waals surface area contributed by atoms with Gasteiger partial charge in [-0.25, -0.2) is 0 Å². The van der Waals surface area contributed by atoms with E-state index in [1.807, 2.05) is 42.3 Å². The molecule has 2 aromatic rings. The fourth-order valence-electron chi connectivity index (χ4n) is 3.64. The molecule has 4 heteroatoms. The SMILES string of the molecule is COc1ccc(CN(C)C(=O)[C@H]2CCCN(Cc3ccccc3)C2)cc1. The Labute approximate surface area is 156 Å². The van der Waals surface area contributed by atoms with E-state index in [0.29, 0.717) is 6.54 Å². The number of methoxy groups -OCH3 is 1. The van der Waals surface area contributed by atoms with E-state index in [4.69, 9.17) is 4.74 Å². The van der Waals surface area contributed by atoms with Gasteiger partial charge in [0.1, 0.15) is 5.75 Å². The first-order valence-electron chi connectivity index (χ1n) is 9.30. The van der Waals surface area contributed by atoms with E-state index in [1.165, 1.54) is 5.56 Å². The molecule has 1 aliphatic heterocycles. The van der Waals surface area contributed by atoms with Crippen molar-refractivity contribution in [3.05, 3.63) is 65.7 Å². The highest BCUT2D eigenvalue weighted by molar-refractivity contribution is 5.79. The molecule has 0 N–H and O–H groups in total. The number of nitrogens with zero attached hydrogens (tertiary/aromatic N) is 2. The summed E-state index contributed by atoms with van der Waals surface area (Å²) in [5.74, 6) is 1.18. The third-order valence-corrected chi connectivity index (χ3v) is 5.06. The molecule has 1 heterocycles. The summed E-state index contributed by atoms with van der Waals surface area (Å²) in [6.07, 6.45) is 2.07. The van der Waals surface area contributed by atoms with Crippen molar-refractivity contribution in [3.8, 4) is 5.75 Å². The van der Waals surface area contributed by atoms with Gasteiger partial charge in [-0.1, -0.05) is 42.5 Å². The third-order valence-electron chi connectivity index (χ3n) is 5.06. The molecule has 0 spiro atoms. The number of likely N-dealkylation sites (tertiary alicyclic amines) is 1. The largest absolute Gasteiger partial charge is 0.497 e. The highest BCUT2D eigenvalue weighted by Crippen LogP contribution is 2.21. The van der Waals surface area contributed by atoms with Gasteiger partial charge in [0.25, 0.3) is 0 Å². The summed E-state index contributed by atoms with van der Waals surface area (Å²) >= 11 is 0. The van der Waals surface area contributed by atoms with Gasteiger partial charge in [-0.15, -0.1) is 0 Å². The minimum atomic E-state index is 0.0933. The van der Waals surface area contributed by atoms with Crippen molar-refractivity contribution >= 4 is 5.91 Å². The Bertz CT molecular complexity index is 700. The number of carbonyl (C=O) groups is 1. The number of hydrogen-bond donors (Lipinski definition) is 0. The Kier molecular flexibility index (Phi) is 6.29. The van der Waals surface area contributed by atoms with Crippen molar-refractivity contribution in [2.24, 2.45) is 5.92 Å². The van der Waals surface area contributed by atoms with Crippen LogP contribution in [0.3, 0.4) is 0 Å². The van der Waals surface area contributed by atoms with Crippen LogP contribution in [0.1, 0.15) is 24.0 Å². The molecule has 0 aromatic heterocycles. The average Bonchev–Trinajstić information content (AvgIpc) is 2.69. The minimum Gasteiger partial charge on any atom is -0.497 e. The molecule has 0 bridgehead atoms. The molecule has 1 aliphatic rings. The number of rotatable bonds is 6. The second-order valence-corrected chi connectivity index (χ2v) is 7.10. The normalized spacial score (nSPS) is 17.7. The Morgan fingerprint density at radius 3 is 2.54 bits per heavy atom. The summed E-state index contributed by atoms with van der Waals surface area (Å²) in [5.41, 5.74) is 2.44. The first-order valence-corrected chi connectivity index (χ1v) is 9.30. The first-order chi connectivity index (χ1) is 12.7. The van der Waals surface area contributed by atoms with Crippen LogP contribution in [0.5, 0.6) is 5.75 Å². The van der Waals surface area contributed by atoms with Gasteiger partial charge in [0.15, 0.2) is 0 Å². The van der Waals surface area contributed by atoms with E-state index in [1.54, 1.807) is 7.11 Å². The Morgan fingerprint density at radius 1 is 1.12 bits per heavy atom. The van der Waals surface area contributed by atoms with Crippen molar-refractivity contribution in [1.29, 1.82) is 0 Å². The summed E-state index contributed by atoms with van der Waals surface area (Å²) in [7, 11) is 3.57. The Balaban J connectivity index is 1.55. The molecule has 0 radical (unpaired) electrons. The van der Waals surface area contributed by atoms with E-state index in [9.17, 15) is 4.79 Å².